The zero-order chi connectivity index (χ0) is 20.1. The van der Waals surface area contributed by atoms with Gasteiger partial charge in [0.1, 0.15) is 11.3 Å². The molecule has 0 fully saturated rings. The lowest BCUT2D eigenvalue weighted by Gasteiger charge is -2.19. The number of carbonyl (C=O) groups is 1. The molecule has 2 aromatic carbocycles. The number of hydrogen-bond acceptors (Lipinski definition) is 4. The fourth-order valence-electron chi connectivity index (χ4n) is 2.73. The van der Waals surface area contributed by atoms with Crippen LogP contribution in [0.1, 0.15) is 12.0 Å². The number of aromatic nitrogens is 1. The van der Waals surface area contributed by atoms with E-state index in [-0.39, 0.29) is 24.1 Å². The van der Waals surface area contributed by atoms with E-state index >= 15 is 0 Å². The number of nitrogens with zero attached hydrogens (tertiary/aromatic N) is 3. The maximum absolute atomic E-state index is 14.0. The van der Waals surface area contributed by atoms with Crippen LogP contribution in [0, 0.1) is 5.82 Å². The van der Waals surface area contributed by atoms with Crippen LogP contribution < -0.4 is 4.90 Å². The summed E-state index contributed by atoms with van der Waals surface area (Å²) in [5, 5.41) is 1.07. The summed E-state index contributed by atoms with van der Waals surface area (Å²) >= 11 is 7.47. The number of thiazole rings is 1. The van der Waals surface area contributed by atoms with Gasteiger partial charge in [-0.3, -0.25) is 9.69 Å². The van der Waals surface area contributed by atoms with E-state index in [1.165, 1.54) is 23.5 Å². The third kappa shape index (κ3) is 6.00. The van der Waals surface area contributed by atoms with Crippen LogP contribution in [0.4, 0.5) is 9.52 Å². The second-order valence-corrected chi connectivity index (χ2v) is 8.00. The first kappa shape index (κ1) is 23.3. The third-order valence-electron chi connectivity index (χ3n) is 4.15. The fourth-order valence-corrected chi connectivity index (χ4v) is 3.94. The maximum atomic E-state index is 14.0. The summed E-state index contributed by atoms with van der Waals surface area (Å²) in [5.41, 5.74) is 1.06. The van der Waals surface area contributed by atoms with Crippen molar-refractivity contribution in [1.82, 2.24) is 9.88 Å². The van der Waals surface area contributed by atoms with Crippen LogP contribution >= 0.6 is 35.3 Å². The van der Waals surface area contributed by atoms with E-state index < -0.39 is 0 Å². The molecule has 0 atom stereocenters. The van der Waals surface area contributed by atoms with Crippen LogP contribution in [0.3, 0.4) is 0 Å². The Morgan fingerprint density at radius 2 is 1.93 bits per heavy atom. The molecule has 0 bridgehead atoms. The van der Waals surface area contributed by atoms with Gasteiger partial charge < -0.3 is 4.90 Å². The molecule has 0 radical (unpaired) electrons. The van der Waals surface area contributed by atoms with E-state index in [9.17, 15) is 9.18 Å². The predicted octanol–water partition coefficient (Wildman–Crippen LogP) is 5.51. The van der Waals surface area contributed by atoms with Crippen molar-refractivity contribution in [2.45, 2.75) is 6.42 Å². The molecule has 1 aromatic heterocycles. The second-order valence-electron chi connectivity index (χ2n) is 6.58. The van der Waals surface area contributed by atoms with E-state index in [1.807, 2.05) is 38.4 Å². The molecule has 0 aliphatic carbocycles. The number of amides is 1. The normalized spacial score (nSPS) is 11.2. The Hall–Kier alpha value is -1.99. The number of carbonyl (C=O) groups excluding carboxylic acids is 1. The molecule has 0 unspecified atom stereocenters. The molecule has 3 rings (SSSR count). The average Bonchev–Trinajstić information content (AvgIpc) is 3.09. The van der Waals surface area contributed by atoms with E-state index in [0.717, 1.165) is 23.2 Å². The predicted molar refractivity (Wildman–Crippen MR) is 123 cm³/mol. The topological polar surface area (TPSA) is 36.4 Å². The molecule has 0 aliphatic rings. The van der Waals surface area contributed by atoms with E-state index in [1.54, 1.807) is 23.1 Å². The van der Waals surface area contributed by atoms with Crippen LogP contribution in [0.25, 0.3) is 16.3 Å². The minimum absolute atomic E-state index is 0. The fraction of sp³-hybridized carbons (Fsp3) is 0.238. The van der Waals surface area contributed by atoms with Gasteiger partial charge in [-0.1, -0.05) is 47.2 Å². The number of anilines is 1. The van der Waals surface area contributed by atoms with Crippen molar-refractivity contribution in [2.75, 3.05) is 32.1 Å². The van der Waals surface area contributed by atoms with Crippen molar-refractivity contribution in [3.05, 3.63) is 64.9 Å². The van der Waals surface area contributed by atoms with Gasteiger partial charge >= 0.3 is 0 Å². The Bertz CT molecular complexity index is 1010. The van der Waals surface area contributed by atoms with E-state index in [2.05, 4.69) is 9.88 Å². The molecule has 0 saturated carbocycles. The highest BCUT2D eigenvalue weighted by atomic mass is 35.5. The average molecular weight is 454 g/mol. The molecule has 8 heteroatoms. The van der Waals surface area contributed by atoms with Crippen LogP contribution in [0.2, 0.25) is 5.02 Å². The van der Waals surface area contributed by atoms with Crippen LogP contribution in [0.5, 0.6) is 0 Å². The van der Waals surface area contributed by atoms with Crippen molar-refractivity contribution in [2.24, 2.45) is 0 Å². The van der Waals surface area contributed by atoms with Gasteiger partial charge in [-0.05, 0) is 56.9 Å². The lowest BCUT2D eigenvalue weighted by atomic mass is 10.2. The molecule has 154 valence electrons. The third-order valence-corrected chi connectivity index (χ3v) is 5.54. The van der Waals surface area contributed by atoms with E-state index in [0.29, 0.717) is 22.2 Å². The molecule has 1 amide bonds. The zero-order valence-electron chi connectivity index (χ0n) is 16.1. The number of hydrogen-bond donors (Lipinski definition) is 0. The van der Waals surface area contributed by atoms with Crippen molar-refractivity contribution in [3.63, 3.8) is 0 Å². The Morgan fingerprint density at radius 1 is 1.17 bits per heavy atom. The Morgan fingerprint density at radius 3 is 2.62 bits per heavy atom. The van der Waals surface area contributed by atoms with Crippen molar-refractivity contribution >= 4 is 62.7 Å². The standard InChI is InChI=1S/C21H21ClFN3OS.ClH/c1-25(2)13-6-14-26(19(27)12-11-15-7-3-4-8-16(15)22)21-24-20-17(23)9-5-10-18(20)28-21;/h3-5,7-12H,6,13-14H2,1-2H3;1H. The van der Waals surface area contributed by atoms with Gasteiger partial charge in [0.25, 0.3) is 5.91 Å². The van der Waals surface area contributed by atoms with Gasteiger partial charge in [0.05, 0.1) is 4.70 Å². The first-order valence-corrected chi connectivity index (χ1v) is 10.1. The number of benzene rings is 2. The van der Waals surface area contributed by atoms with Crippen LogP contribution in [0.15, 0.2) is 48.5 Å². The van der Waals surface area contributed by atoms with Crippen molar-refractivity contribution < 1.29 is 9.18 Å². The molecule has 0 spiro atoms. The van der Waals surface area contributed by atoms with Crippen LogP contribution in [-0.2, 0) is 4.79 Å². The maximum Gasteiger partial charge on any atom is 0.252 e. The summed E-state index contributed by atoms with van der Waals surface area (Å²) in [6.07, 6.45) is 3.95. The largest absolute Gasteiger partial charge is 0.309 e. The number of para-hydroxylation sites is 1. The first-order valence-electron chi connectivity index (χ1n) is 8.89. The smallest absolute Gasteiger partial charge is 0.252 e. The zero-order valence-corrected chi connectivity index (χ0v) is 18.5. The highest BCUT2D eigenvalue weighted by molar-refractivity contribution is 7.22. The summed E-state index contributed by atoms with van der Waals surface area (Å²) in [5.74, 6) is -0.592. The highest BCUT2D eigenvalue weighted by Gasteiger charge is 2.19. The number of rotatable bonds is 7. The summed E-state index contributed by atoms with van der Waals surface area (Å²) in [7, 11) is 3.97. The number of fused-ring (bicyclic) bond motifs is 1. The molecule has 1 heterocycles. The van der Waals surface area contributed by atoms with Gasteiger partial charge in [0, 0.05) is 17.6 Å². The van der Waals surface area contributed by atoms with Gasteiger partial charge in [0.2, 0.25) is 0 Å². The molecule has 29 heavy (non-hydrogen) atoms. The summed E-state index contributed by atoms with van der Waals surface area (Å²) in [6.45, 7) is 1.32. The minimum atomic E-state index is -0.382. The lowest BCUT2D eigenvalue weighted by Crippen LogP contribution is -2.32. The Labute approximate surface area is 185 Å². The molecule has 0 N–H and O–H groups in total. The molecule has 0 saturated heterocycles. The van der Waals surface area contributed by atoms with Gasteiger partial charge in [-0.25, -0.2) is 9.37 Å². The Balaban J connectivity index is 0.00000300. The molecular formula is C21H22Cl2FN3OS. The molecular weight excluding hydrogens is 432 g/mol. The highest BCUT2D eigenvalue weighted by Crippen LogP contribution is 2.30. The summed E-state index contributed by atoms with van der Waals surface area (Å²) in [6, 6.07) is 12.1. The quantitative estimate of drug-likeness (QED) is 0.442. The molecule has 3 aromatic rings. The molecule has 4 nitrogen and oxygen atoms in total. The summed E-state index contributed by atoms with van der Waals surface area (Å²) in [4.78, 5) is 21.0. The van der Waals surface area contributed by atoms with Crippen LogP contribution in [-0.4, -0.2) is 43.0 Å². The van der Waals surface area contributed by atoms with Crippen molar-refractivity contribution in [3.8, 4) is 0 Å². The summed E-state index contributed by atoms with van der Waals surface area (Å²) < 4.78 is 14.8. The molecule has 0 aliphatic heterocycles. The minimum Gasteiger partial charge on any atom is -0.309 e. The van der Waals surface area contributed by atoms with Crippen molar-refractivity contribution in [1.29, 1.82) is 0 Å². The van der Waals surface area contributed by atoms with Gasteiger partial charge in [-0.15, -0.1) is 12.4 Å². The monoisotopic (exact) mass is 453 g/mol. The Kier molecular flexibility index (Phi) is 8.59. The van der Waals surface area contributed by atoms with Gasteiger partial charge in [0.15, 0.2) is 5.13 Å². The lowest BCUT2D eigenvalue weighted by molar-refractivity contribution is -0.114. The van der Waals surface area contributed by atoms with E-state index in [4.69, 9.17) is 11.6 Å². The second kappa shape index (κ2) is 10.7. The SMILES string of the molecule is CN(C)CCCN(C(=O)C=Cc1ccccc1Cl)c1nc2c(F)cccc2s1.Cl. The van der Waals surface area contributed by atoms with Gasteiger partial charge in [-0.2, -0.15) is 0 Å². The number of halogens is 3. The first-order chi connectivity index (χ1) is 13.5.